The molecule has 1 aromatic carbocycles. The lowest BCUT2D eigenvalue weighted by molar-refractivity contribution is -0.137. The minimum Gasteiger partial charge on any atom is -0.444 e. The summed E-state index contributed by atoms with van der Waals surface area (Å²) < 4.78 is 43.5. The third-order valence-electron chi connectivity index (χ3n) is 3.94. The van der Waals surface area contributed by atoms with Crippen molar-refractivity contribution in [3.05, 3.63) is 29.8 Å². The molecule has 3 rings (SSSR count). The molecule has 0 aromatic heterocycles. The number of hydrogen-bond donors (Lipinski definition) is 1. The van der Waals surface area contributed by atoms with Crippen LogP contribution in [0, 0.1) is 5.92 Å². The fraction of sp³-hybridized carbons (Fsp3) is 0.500. The predicted molar refractivity (Wildman–Crippen MR) is 70.0 cm³/mol. The molecule has 1 N–H and O–H groups in total. The van der Waals surface area contributed by atoms with Crippen LogP contribution in [0.1, 0.15) is 12.0 Å². The molecule has 21 heavy (non-hydrogen) atoms. The summed E-state index contributed by atoms with van der Waals surface area (Å²) in [5.41, 5.74) is -0.540. The number of nitrogens with one attached hydrogen (secondary N) is 1. The summed E-state index contributed by atoms with van der Waals surface area (Å²) >= 11 is 0. The molecule has 0 spiro atoms. The van der Waals surface area contributed by atoms with Crippen molar-refractivity contribution in [1.82, 2.24) is 5.32 Å². The van der Waals surface area contributed by atoms with Crippen LogP contribution in [0.4, 0.5) is 23.7 Å². The van der Waals surface area contributed by atoms with Gasteiger partial charge in [0.15, 0.2) is 0 Å². The number of halogens is 3. The van der Waals surface area contributed by atoms with E-state index in [0.717, 1.165) is 31.6 Å². The Hall–Kier alpha value is -1.76. The number of carbonyl (C=O) groups excluding carboxylic acids is 1. The van der Waals surface area contributed by atoms with Crippen molar-refractivity contribution in [3.8, 4) is 0 Å². The second kappa shape index (κ2) is 5.22. The first-order chi connectivity index (χ1) is 9.95. The molecule has 0 radical (unpaired) electrons. The van der Waals surface area contributed by atoms with Gasteiger partial charge >= 0.3 is 12.3 Å². The van der Waals surface area contributed by atoms with Crippen LogP contribution in [0.15, 0.2) is 24.3 Å². The van der Waals surface area contributed by atoms with Gasteiger partial charge in [-0.15, -0.1) is 0 Å². The maximum atomic E-state index is 12.7. The number of cyclic esters (lactones) is 1. The number of amides is 1. The van der Waals surface area contributed by atoms with E-state index in [1.165, 1.54) is 17.0 Å². The Kier molecular flexibility index (Phi) is 3.52. The lowest BCUT2D eigenvalue weighted by Gasteiger charge is -2.17. The van der Waals surface area contributed by atoms with Crippen molar-refractivity contribution in [2.45, 2.75) is 18.7 Å². The quantitative estimate of drug-likeness (QED) is 0.913. The molecule has 2 atom stereocenters. The smallest absolute Gasteiger partial charge is 0.416 e. The third kappa shape index (κ3) is 2.83. The van der Waals surface area contributed by atoms with Crippen molar-refractivity contribution in [2.24, 2.45) is 5.92 Å². The molecule has 2 fully saturated rings. The molecular weight excluding hydrogens is 285 g/mol. The van der Waals surface area contributed by atoms with Gasteiger partial charge in [-0.2, -0.15) is 13.2 Å². The lowest BCUT2D eigenvalue weighted by Crippen LogP contribution is -2.29. The average molecular weight is 300 g/mol. The van der Waals surface area contributed by atoms with Gasteiger partial charge in [0.2, 0.25) is 0 Å². The van der Waals surface area contributed by atoms with E-state index in [1.54, 1.807) is 0 Å². The lowest BCUT2D eigenvalue weighted by atomic mass is 10.0. The summed E-state index contributed by atoms with van der Waals surface area (Å²) in [4.78, 5) is 13.2. The zero-order valence-electron chi connectivity index (χ0n) is 11.2. The van der Waals surface area contributed by atoms with Crippen LogP contribution in [0.25, 0.3) is 0 Å². The van der Waals surface area contributed by atoms with Gasteiger partial charge in [-0.1, -0.05) is 6.07 Å². The number of benzene rings is 1. The molecule has 2 aliphatic rings. The zero-order valence-corrected chi connectivity index (χ0v) is 11.2. The second-order valence-corrected chi connectivity index (χ2v) is 5.33. The van der Waals surface area contributed by atoms with Gasteiger partial charge in [0, 0.05) is 18.2 Å². The first kappa shape index (κ1) is 14.2. The summed E-state index contributed by atoms with van der Waals surface area (Å²) in [5, 5.41) is 3.19. The van der Waals surface area contributed by atoms with Crippen molar-refractivity contribution in [1.29, 1.82) is 0 Å². The highest BCUT2D eigenvalue weighted by Crippen LogP contribution is 2.33. The minimum atomic E-state index is -4.42. The van der Waals surface area contributed by atoms with Crippen molar-refractivity contribution < 1.29 is 22.7 Å². The number of nitrogens with zero attached hydrogens (tertiary/aromatic N) is 1. The highest BCUT2D eigenvalue weighted by Gasteiger charge is 2.39. The van der Waals surface area contributed by atoms with Gasteiger partial charge in [0.1, 0.15) is 6.10 Å². The van der Waals surface area contributed by atoms with E-state index < -0.39 is 17.8 Å². The topological polar surface area (TPSA) is 41.6 Å². The van der Waals surface area contributed by atoms with E-state index in [0.29, 0.717) is 6.54 Å². The zero-order chi connectivity index (χ0) is 15.0. The second-order valence-electron chi connectivity index (χ2n) is 5.33. The predicted octanol–water partition coefficient (Wildman–Crippen LogP) is 2.64. The fourth-order valence-electron chi connectivity index (χ4n) is 2.79. The van der Waals surface area contributed by atoms with E-state index in [4.69, 9.17) is 4.74 Å². The number of hydrogen-bond acceptors (Lipinski definition) is 3. The number of anilines is 1. The normalized spacial score (nSPS) is 26.2. The summed E-state index contributed by atoms with van der Waals surface area (Å²) in [7, 11) is 0. The van der Waals surface area contributed by atoms with Gasteiger partial charge in [-0.3, -0.25) is 4.90 Å². The van der Waals surface area contributed by atoms with Gasteiger partial charge in [-0.05, 0) is 31.2 Å². The Bertz CT molecular complexity index is 541. The maximum absolute atomic E-state index is 12.7. The van der Waals surface area contributed by atoms with E-state index in [-0.39, 0.29) is 17.7 Å². The van der Waals surface area contributed by atoms with E-state index in [9.17, 15) is 18.0 Å². The first-order valence-corrected chi connectivity index (χ1v) is 6.81. The van der Waals surface area contributed by atoms with Crippen LogP contribution in [-0.4, -0.2) is 31.8 Å². The Morgan fingerprint density at radius 2 is 2.14 bits per heavy atom. The van der Waals surface area contributed by atoms with Gasteiger partial charge in [0.05, 0.1) is 12.1 Å². The molecule has 114 valence electrons. The monoisotopic (exact) mass is 300 g/mol. The van der Waals surface area contributed by atoms with Crippen molar-refractivity contribution in [2.75, 3.05) is 24.5 Å². The molecule has 4 nitrogen and oxygen atoms in total. The average Bonchev–Trinajstić information content (AvgIpc) is 3.07. The van der Waals surface area contributed by atoms with Crippen LogP contribution >= 0.6 is 0 Å². The van der Waals surface area contributed by atoms with Gasteiger partial charge in [0.25, 0.3) is 0 Å². The number of alkyl halides is 3. The van der Waals surface area contributed by atoms with Crippen LogP contribution in [-0.2, 0) is 10.9 Å². The summed E-state index contributed by atoms with van der Waals surface area (Å²) in [6.07, 6.45) is -4.35. The standard InChI is InChI=1S/C14H15F3N2O2/c15-14(16,17)10-2-1-3-11(6-10)19-8-12(21-13(19)20)9-4-5-18-7-9/h1-3,6,9,12,18H,4-5,7-8H2. The Morgan fingerprint density at radius 1 is 1.33 bits per heavy atom. The van der Waals surface area contributed by atoms with E-state index in [2.05, 4.69) is 5.32 Å². The summed E-state index contributed by atoms with van der Waals surface area (Å²) in [6, 6.07) is 4.77. The maximum Gasteiger partial charge on any atom is 0.416 e. The molecule has 2 aliphatic heterocycles. The molecule has 0 aliphatic carbocycles. The van der Waals surface area contributed by atoms with E-state index in [1.807, 2.05) is 0 Å². The van der Waals surface area contributed by atoms with Crippen LogP contribution < -0.4 is 10.2 Å². The molecule has 1 amide bonds. The SMILES string of the molecule is O=C1OC(C2CCNC2)CN1c1cccc(C(F)(F)F)c1. The minimum absolute atomic E-state index is 0.225. The van der Waals surface area contributed by atoms with Crippen LogP contribution in [0.5, 0.6) is 0 Å². The molecule has 2 unspecified atom stereocenters. The Labute approximate surface area is 119 Å². The molecule has 7 heteroatoms. The van der Waals surface area contributed by atoms with Crippen molar-refractivity contribution >= 4 is 11.8 Å². The molecule has 1 aromatic rings. The highest BCUT2D eigenvalue weighted by molar-refractivity contribution is 5.89. The fourth-order valence-corrected chi connectivity index (χ4v) is 2.79. The molecule has 2 saturated heterocycles. The van der Waals surface area contributed by atoms with Crippen LogP contribution in [0.3, 0.4) is 0 Å². The first-order valence-electron chi connectivity index (χ1n) is 6.81. The number of rotatable bonds is 2. The van der Waals surface area contributed by atoms with Gasteiger partial charge < -0.3 is 10.1 Å². The Balaban J connectivity index is 1.79. The molecule has 0 bridgehead atoms. The van der Waals surface area contributed by atoms with Crippen LogP contribution in [0.2, 0.25) is 0 Å². The van der Waals surface area contributed by atoms with Crippen molar-refractivity contribution in [3.63, 3.8) is 0 Å². The number of ether oxygens (including phenoxy) is 1. The van der Waals surface area contributed by atoms with E-state index >= 15 is 0 Å². The molecular formula is C14H15F3N2O2. The molecule has 0 saturated carbocycles. The largest absolute Gasteiger partial charge is 0.444 e. The summed E-state index contributed by atoms with van der Waals surface area (Å²) in [6.45, 7) is 1.95. The Morgan fingerprint density at radius 3 is 2.81 bits per heavy atom. The van der Waals surface area contributed by atoms with Gasteiger partial charge in [-0.25, -0.2) is 4.79 Å². The molecule has 2 heterocycles. The summed E-state index contributed by atoms with van der Waals surface area (Å²) in [5.74, 6) is 0.227. The third-order valence-corrected chi connectivity index (χ3v) is 3.94. The highest BCUT2D eigenvalue weighted by atomic mass is 19.4. The number of carbonyl (C=O) groups is 1.